The minimum absolute atomic E-state index is 0.135. The number of nitrogens with two attached hydrogens (primary N) is 1. The van der Waals surface area contributed by atoms with Gasteiger partial charge in [0.2, 0.25) is 0 Å². The van der Waals surface area contributed by atoms with Gasteiger partial charge >= 0.3 is 0 Å². The van der Waals surface area contributed by atoms with E-state index in [1.807, 2.05) is 18.2 Å². The smallest absolute Gasteiger partial charge is 0.196 e. The van der Waals surface area contributed by atoms with Gasteiger partial charge in [0.05, 0.1) is 12.7 Å². The number of benzene rings is 2. The fourth-order valence-electron chi connectivity index (χ4n) is 3.99. The topological polar surface area (TPSA) is 114 Å². The molecule has 1 aliphatic rings. The Bertz CT molecular complexity index is 1000. The number of carbonyl (C=O) groups excluding carboxylic acids is 1. The second-order valence-corrected chi connectivity index (χ2v) is 8.92. The molecule has 2 aromatic rings. The molecule has 2 aromatic carbocycles. The number of methoxy groups -OCH3 is 1. The van der Waals surface area contributed by atoms with Crippen LogP contribution in [0, 0.1) is 5.41 Å². The lowest BCUT2D eigenvalue weighted by molar-refractivity contribution is 0.103. The van der Waals surface area contributed by atoms with Gasteiger partial charge in [0, 0.05) is 41.8 Å². The first-order valence-corrected chi connectivity index (χ1v) is 10.8. The summed E-state index contributed by atoms with van der Waals surface area (Å²) >= 11 is 0. The minimum atomic E-state index is -0.421. The molecule has 1 atom stereocenters. The molecule has 0 amide bonds. The van der Waals surface area contributed by atoms with Crippen LogP contribution in [-0.4, -0.2) is 45.2 Å². The molecule has 1 fully saturated rings. The summed E-state index contributed by atoms with van der Waals surface area (Å²) in [5, 5.41) is 3.45. The molecule has 1 saturated heterocycles. The third-order valence-corrected chi connectivity index (χ3v) is 5.63. The quantitative estimate of drug-likeness (QED) is 0.267. The van der Waals surface area contributed by atoms with Gasteiger partial charge in [-0.1, -0.05) is 31.1 Å². The Hall–Kier alpha value is -3.22. The molecule has 0 aromatic heterocycles. The zero-order valence-corrected chi connectivity index (χ0v) is 19.0. The van der Waals surface area contributed by atoms with Crippen molar-refractivity contribution in [2.75, 3.05) is 38.3 Å². The monoisotopic (exact) mass is 437 g/mol. The molecule has 1 aliphatic heterocycles. The van der Waals surface area contributed by atoms with E-state index in [4.69, 9.17) is 20.7 Å². The highest BCUT2D eigenvalue weighted by Crippen LogP contribution is 2.34. The van der Waals surface area contributed by atoms with E-state index in [2.05, 4.69) is 28.8 Å². The van der Waals surface area contributed by atoms with Crippen molar-refractivity contribution >= 4 is 11.5 Å². The first-order chi connectivity index (χ1) is 15.3. The summed E-state index contributed by atoms with van der Waals surface area (Å²) in [6, 6.07) is 12.4. The second kappa shape index (κ2) is 10.4. The summed E-state index contributed by atoms with van der Waals surface area (Å²) in [5.74, 6) is 0.932. The van der Waals surface area contributed by atoms with Crippen LogP contribution in [0.4, 0.5) is 5.69 Å². The number of nitrogens with zero attached hydrogens (tertiary/aromatic N) is 4. The highest BCUT2D eigenvalue weighted by Gasteiger charge is 2.27. The summed E-state index contributed by atoms with van der Waals surface area (Å²) in [7, 11) is 1.57. The molecule has 8 heteroatoms. The van der Waals surface area contributed by atoms with Crippen LogP contribution >= 0.6 is 0 Å². The van der Waals surface area contributed by atoms with Crippen molar-refractivity contribution in [1.82, 2.24) is 0 Å². The van der Waals surface area contributed by atoms with Crippen molar-refractivity contribution in [3.05, 3.63) is 64.0 Å². The number of hydrogen-bond acceptors (Lipinski definition) is 6. The van der Waals surface area contributed by atoms with Crippen LogP contribution in [0.1, 0.15) is 42.6 Å². The van der Waals surface area contributed by atoms with E-state index in [1.165, 1.54) is 6.42 Å². The third kappa shape index (κ3) is 5.93. The fraction of sp³-hybridized carbons (Fsp3) is 0.458. The van der Waals surface area contributed by atoms with E-state index in [1.54, 1.807) is 31.4 Å². The van der Waals surface area contributed by atoms with Crippen molar-refractivity contribution in [1.29, 1.82) is 0 Å². The van der Waals surface area contributed by atoms with Crippen LogP contribution in [0.3, 0.4) is 0 Å². The average molecular weight is 438 g/mol. The van der Waals surface area contributed by atoms with Gasteiger partial charge in [-0.25, -0.2) is 0 Å². The lowest BCUT2D eigenvalue weighted by Crippen LogP contribution is -2.40. The summed E-state index contributed by atoms with van der Waals surface area (Å²) in [4.78, 5) is 18.4. The molecule has 0 aliphatic carbocycles. The van der Waals surface area contributed by atoms with Gasteiger partial charge in [-0.2, -0.15) is 0 Å². The highest BCUT2D eigenvalue weighted by atomic mass is 16.5. The molecule has 0 bridgehead atoms. The predicted molar refractivity (Wildman–Crippen MR) is 126 cm³/mol. The van der Waals surface area contributed by atoms with Crippen LogP contribution < -0.4 is 20.1 Å². The van der Waals surface area contributed by atoms with Gasteiger partial charge in [0.1, 0.15) is 18.1 Å². The lowest BCUT2D eigenvalue weighted by Gasteiger charge is -2.39. The Labute approximate surface area is 188 Å². The van der Waals surface area contributed by atoms with Gasteiger partial charge in [0.25, 0.3) is 0 Å². The van der Waals surface area contributed by atoms with E-state index in [-0.39, 0.29) is 24.3 Å². The summed E-state index contributed by atoms with van der Waals surface area (Å²) in [6.07, 6.45) is 2.33. The van der Waals surface area contributed by atoms with E-state index in [9.17, 15) is 4.79 Å². The molecule has 8 nitrogen and oxygen atoms in total. The van der Waals surface area contributed by atoms with Crippen molar-refractivity contribution in [2.45, 2.75) is 32.7 Å². The number of piperidine rings is 1. The van der Waals surface area contributed by atoms with Gasteiger partial charge < -0.3 is 20.1 Å². The molecule has 0 spiro atoms. The Balaban J connectivity index is 1.81. The summed E-state index contributed by atoms with van der Waals surface area (Å²) in [6.45, 7) is 6.81. The number of anilines is 1. The van der Waals surface area contributed by atoms with Crippen molar-refractivity contribution in [2.24, 2.45) is 16.3 Å². The average Bonchev–Trinajstić information content (AvgIpc) is 2.80. The normalized spacial score (nSPS) is 16.1. The second-order valence-electron chi connectivity index (χ2n) is 8.92. The van der Waals surface area contributed by atoms with Crippen molar-refractivity contribution in [3.63, 3.8) is 0 Å². The van der Waals surface area contributed by atoms with Crippen LogP contribution in [0.25, 0.3) is 10.4 Å². The maximum absolute atomic E-state index is 13.4. The zero-order chi connectivity index (χ0) is 23.1. The Morgan fingerprint density at radius 2 is 2.12 bits per heavy atom. The third-order valence-electron chi connectivity index (χ3n) is 5.63. The zero-order valence-electron chi connectivity index (χ0n) is 19.0. The maximum atomic E-state index is 13.4. The Morgan fingerprint density at radius 3 is 2.84 bits per heavy atom. The highest BCUT2D eigenvalue weighted by molar-refractivity contribution is 6.11. The van der Waals surface area contributed by atoms with E-state index < -0.39 is 6.04 Å². The molecule has 0 radical (unpaired) electrons. The SMILES string of the molecule is COc1ccc(N2CCCC(C)(C)C2)cc1C(=O)c1cccc(OC[C@H](N)CN=[N+]=[N-])c1. The van der Waals surface area contributed by atoms with Gasteiger partial charge in [-0.3, -0.25) is 4.79 Å². The first-order valence-electron chi connectivity index (χ1n) is 10.8. The van der Waals surface area contributed by atoms with Crippen molar-refractivity contribution in [3.8, 4) is 11.5 Å². The van der Waals surface area contributed by atoms with E-state index in [0.29, 0.717) is 22.6 Å². The Morgan fingerprint density at radius 1 is 1.31 bits per heavy atom. The lowest BCUT2D eigenvalue weighted by atomic mass is 9.84. The van der Waals surface area contributed by atoms with Gasteiger partial charge in [-0.15, -0.1) is 0 Å². The molecule has 1 heterocycles. The maximum Gasteiger partial charge on any atom is 0.196 e. The number of ether oxygens (including phenoxy) is 2. The predicted octanol–water partition coefficient (Wildman–Crippen LogP) is 4.57. The molecule has 3 rings (SSSR count). The number of hydrogen-bond donors (Lipinski definition) is 1. The summed E-state index contributed by atoms with van der Waals surface area (Å²) in [5.41, 5.74) is 16.5. The minimum Gasteiger partial charge on any atom is -0.496 e. The molecule has 32 heavy (non-hydrogen) atoms. The van der Waals surface area contributed by atoms with Crippen molar-refractivity contribution < 1.29 is 14.3 Å². The fourth-order valence-corrected chi connectivity index (χ4v) is 3.99. The number of ketones is 1. The van der Waals surface area contributed by atoms with Crippen LogP contribution in [0.15, 0.2) is 47.6 Å². The molecule has 2 N–H and O–H groups in total. The molecule has 170 valence electrons. The van der Waals surface area contributed by atoms with E-state index >= 15 is 0 Å². The molecule has 0 unspecified atom stereocenters. The molecule has 0 saturated carbocycles. The van der Waals surface area contributed by atoms with Crippen LogP contribution in [0.5, 0.6) is 11.5 Å². The number of rotatable bonds is 9. The number of azide groups is 1. The van der Waals surface area contributed by atoms with Crippen LogP contribution in [-0.2, 0) is 0 Å². The summed E-state index contributed by atoms with van der Waals surface area (Å²) < 4.78 is 11.2. The van der Waals surface area contributed by atoms with E-state index in [0.717, 1.165) is 25.2 Å². The Kier molecular flexibility index (Phi) is 7.62. The number of carbonyl (C=O) groups is 1. The van der Waals surface area contributed by atoms with Crippen LogP contribution in [0.2, 0.25) is 0 Å². The van der Waals surface area contributed by atoms with Gasteiger partial charge in [-0.05, 0) is 54.1 Å². The largest absolute Gasteiger partial charge is 0.496 e. The first kappa shape index (κ1) is 23.4. The standard InChI is InChI=1S/C24H31N5O3/c1-24(2)10-5-11-29(16-24)19-8-9-22(31-3)21(13-19)23(30)17-6-4-7-20(12-17)32-15-18(25)14-27-28-26/h4,6-9,12-13,18H,5,10-11,14-16,25H2,1-3H3/t18-/m1/s1. The van der Waals surface area contributed by atoms with Gasteiger partial charge in [0.15, 0.2) is 5.78 Å². The molecular formula is C24H31N5O3. The molecular weight excluding hydrogens is 406 g/mol.